The lowest BCUT2D eigenvalue weighted by atomic mass is 10.0. The Balaban J connectivity index is 1.85. The van der Waals surface area contributed by atoms with Gasteiger partial charge in [0.05, 0.1) is 4.90 Å². The summed E-state index contributed by atoms with van der Waals surface area (Å²) in [5.41, 5.74) is 1.18. The minimum absolute atomic E-state index is 0.145. The van der Waals surface area contributed by atoms with Gasteiger partial charge in [0.2, 0.25) is 10.0 Å². The molecular weight excluding hydrogens is 308 g/mol. The van der Waals surface area contributed by atoms with Crippen molar-refractivity contribution in [2.24, 2.45) is 5.92 Å². The molecule has 1 saturated heterocycles. The Hall–Kier alpha value is -0.910. The minimum atomic E-state index is -3.39. The number of piperidine rings is 1. The van der Waals surface area contributed by atoms with Gasteiger partial charge in [0.25, 0.3) is 0 Å². The first-order valence-electron chi connectivity index (χ1n) is 8.81. The third kappa shape index (κ3) is 3.95. The predicted molar refractivity (Wildman–Crippen MR) is 93.0 cm³/mol. The van der Waals surface area contributed by atoms with Gasteiger partial charge in [-0.3, -0.25) is 0 Å². The van der Waals surface area contributed by atoms with E-state index >= 15 is 0 Å². The fourth-order valence-corrected chi connectivity index (χ4v) is 5.01. The van der Waals surface area contributed by atoms with Crippen LogP contribution in [-0.4, -0.2) is 38.4 Å². The van der Waals surface area contributed by atoms with Gasteiger partial charge in [-0.2, -0.15) is 4.31 Å². The Kier molecular flexibility index (Phi) is 5.09. The number of benzene rings is 1. The minimum Gasteiger partial charge on any atom is -0.317 e. The largest absolute Gasteiger partial charge is 0.317 e. The summed E-state index contributed by atoms with van der Waals surface area (Å²) in [6, 6.07) is 7.62. The summed E-state index contributed by atoms with van der Waals surface area (Å²) < 4.78 is 28.2. The second-order valence-electron chi connectivity index (χ2n) is 7.22. The molecule has 0 unspecified atom stereocenters. The molecule has 23 heavy (non-hydrogen) atoms. The molecule has 4 nitrogen and oxygen atoms in total. The van der Waals surface area contributed by atoms with Crippen LogP contribution in [0.3, 0.4) is 0 Å². The number of sulfonamides is 1. The van der Waals surface area contributed by atoms with E-state index < -0.39 is 10.0 Å². The van der Waals surface area contributed by atoms with Crippen molar-refractivity contribution in [3.8, 4) is 0 Å². The number of hydrogen-bond donors (Lipinski definition) is 1. The van der Waals surface area contributed by atoms with Crippen LogP contribution in [-0.2, 0) is 10.0 Å². The molecule has 2 aliphatic rings. The van der Waals surface area contributed by atoms with Crippen LogP contribution in [0.15, 0.2) is 29.2 Å². The van der Waals surface area contributed by atoms with Crippen LogP contribution >= 0.6 is 0 Å². The van der Waals surface area contributed by atoms with Crippen LogP contribution in [0.1, 0.15) is 51.0 Å². The van der Waals surface area contributed by atoms with Crippen LogP contribution in [0, 0.1) is 5.92 Å². The Labute approximate surface area is 140 Å². The van der Waals surface area contributed by atoms with E-state index in [2.05, 4.69) is 19.2 Å². The second kappa shape index (κ2) is 6.91. The summed E-state index contributed by atoms with van der Waals surface area (Å²) in [4.78, 5) is 0.445. The fourth-order valence-electron chi connectivity index (χ4n) is 3.25. The lowest BCUT2D eigenvalue weighted by Crippen LogP contribution is -2.46. The molecule has 0 aromatic heterocycles. The van der Waals surface area contributed by atoms with Gasteiger partial charge in [0.15, 0.2) is 0 Å². The van der Waals surface area contributed by atoms with Gasteiger partial charge in [0.1, 0.15) is 0 Å². The number of nitrogens with one attached hydrogen (secondary N) is 1. The van der Waals surface area contributed by atoms with Crippen molar-refractivity contribution in [2.75, 3.05) is 19.6 Å². The first kappa shape index (κ1) is 16.9. The highest BCUT2D eigenvalue weighted by atomic mass is 32.2. The van der Waals surface area contributed by atoms with E-state index in [0.717, 1.165) is 25.9 Å². The van der Waals surface area contributed by atoms with Crippen molar-refractivity contribution < 1.29 is 8.42 Å². The first-order chi connectivity index (χ1) is 11.0. The van der Waals surface area contributed by atoms with Crippen LogP contribution in [0.25, 0.3) is 0 Å². The van der Waals surface area contributed by atoms with Crippen molar-refractivity contribution in [1.29, 1.82) is 0 Å². The summed E-state index contributed by atoms with van der Waals surface area (Å²) >= 11 is 0. The van der Waals surface area contributed by atoms with Crippen molar-refractivity contribution in [1.82, 2.24) is 9.62 Å². The highest BCUT2D eigenvalue weighted by Gasteiger charge is 2.36. The third-order valence-corrected chi connectivity index (χ3v) is 6.94. The standard InChI is InChI=1S/C18H28N2O2S/c1-14(2)16-5-7-18(8-6-16)23(21,22)20(13-15-3-4-15)17-9-11-19-12-10-17/h5-8,14-15,17,19H,3-4,9-13H2,1-2H3. The molecule has 0 spiro atoms. The molecular formula is C18H28N2O2S. The molecule has 5 heteroatoms. The van der Waals surface area contributed by atoms with Gasteiger partial charge in [-0.1, -0.05) is 26.0 Å². The van der Waals surface area contributed by atoms with Crippen LogP contribution in [0.5, 0.6) is 0 Å². The summed E-state index contributed by atoms with van der Waals surface area (Å²) in [7, 11) is -3.39. The SMILES string of the molecule is CC(C)c1ccc(S(=O)(=O)N(CC2CC2)C2CCNCC2)cc1. The molecule has 0 bridgehead atoms. The Morgan fingerprint density at radius 2 is 1.70 bits per heavy atom. The number of rotatable bonds is 6. The first-order valence-corrected chi connectivity index (χ1v) is 10.2. The molecule has 0 amide bonds. The van der Waals surface area contributed by atoms with Gasteiger partial charge in [-0.25, -0.2) is 8.42 Å². The summed E-state index contributed by atoms with van der Waals surface area (Å²) in [5.74, 6) is 0.980. The van der Waals surface area contributed by atoms with Crippen LogP contribution in [0.4, 0.5) is 0 Å². The highest BCUT2D eigenvalue weighted by molar-refractivity contribution is 7.89. The number of hydrogen-bond acceptors (Lipinski definition) is 3. The zero-order valence-electron chi connectivity index (χ0n) is 14.2. The van der Waals surface area contributed by atoms with E-state index in [1.807, 2.05) is 12.1 Å². The van der Waals surface area contributed by atoms with E-state index in [0.29, 0.717) is 23.3 Å². The van der Waals surface area contributed by atoms with E-state index in [-0.39, 0.29) is 6.04 Å². The molecule has 0 radical (unpaired) electrons. The molecule has 1 N–H and O–H groups in total. The maximum absolute atomic E-state index is 13.2. The Bertz CT molecular complexity index is 615. The van der Waals surface area contributed by atoms with E-state index in [4.69, 9.17) is 0 Å². The molecule has 2 fully saturated rings. The van der Waals surface area contributed by atoms with Crippen LogP contribution in [0.2, 0.25) is 0 Å². The maximum atomic E-state index is 13.2. The topological polar surface area (TPSA) is 49.4 Å². The summed E-state index contributed by atoms with van der Waals surface area (Å²) in [6.45, 7) is 6.76. The number of nitrogens with zero attached hydrogens (tertiary/aromatic N) is 1. The smallest absolute Gasteiger partial charge is 0.243 e. The van der Waals surface area contributed by atoms with Crippen molar-refractivity contribution in [3.05, 3.63) is 29.8 Å². The Morgan fingerprint density at radius 1 is 1.09 bits per heavy atom. The lowest BCUT2D eigenvalue weighted by molar-refractivity contribution is 0.255. The van der Waals surface area contributed by atoms with Gasteiger partial charge in [-0.15, -0.1) is 0 Å². The third-order valence-electron chi connectivity index (χ3n) is 5.00. The monoisotopic (exact) mass is 336 g/mol. The zero-order valence-corrected chi connectivity index (χ0v) is 15.0. The second-order valence-corrected chi connectivity index (χ2v) is 9.11. The van der Waals surface area contributed by atoms with Gasteiger partial charge in [0, 0.05) is 12.6 Å². The normalized spacial score (nSPS) is 20.3. The summed E-state index contributed by atoms with van der Waals surface area (Å²) in [6.07, 6.45) is 4.17. The Morgan fingerprint density at radius 3 is 2.22 bits per heavy atom. The fraction of sp³-hybridized carbons (Fsp3) is 0.667. The van der Waals surface area contributed by atoms with Gasteiger partial charge in [-0.05, 0) is 68.3 Å². The maximum Gasteiger partial charge on any atom is 0.243 e. The molecule has 1 aromatic rings. The molecule has 128 valence electrons. The van der Waals surface area contributed by atoms with E-state index in [9.17, 15) is 8.42 Å². The zero-order chi connectivity index (χ0) is 16.4. The predicted octanol–water partition coefficient (Wildman–Crippen LogP) is 2.96. The molecule has 1 aliphatic carbocycles. The molecule has 1 saturated carbocycles. The molecule has 1 heterocycles. The van der Waals surface area contributed by atoms with Gasteiger partial charge < -0.3 is 5.32 Å². The van der Waals surface area contributed by atoms with E-state index in [1.165, 1.54) is 18.4 Å². The molecule has 1 aliphatic heterocycles. The average molecular weight is 337 g/mol. The van der Waals surface area contributed by atoms with E-state index in [1.54, 1.807) is 16.4 Å². The molecule has 3 rings (SSSR count). The molecule has 1 aromatic carbocycles. The van der Waals surface area contributed by atoms with Crippen molar-refractivity contribution >= 4 is 10.0 Å². The van der Waals surface area contributed by atoms with Gasteiger partial charge >= 0.3 is 0 Å². The lowest BCUT2D eigenvalue weighted by Gasteiger charge is -2.34. The molecule has 0 atom stereocenters. The quantitative estimate of drug-likeness (QED) is 0.869. The average Bonchev–Trinajstić information content (AvgIpc) is 3.37. The van der Waals surface area contributed by atoms with Crippen molar-refractivity contribution in [2.45, 2.75) is 56.4 Å². The van der Waals surface area contributed by atoms with Crippen molar-refractivity contribution in [3.63, 3.8) is 0 Å². The highest BCUT2D eigenvalue weighted by Crippen LogP contribution is 2.34. The van der Waals surface area contributed by atoms with Crippen LogP contribution < -0.4 is 5.32 Å². The summed E-state index contributed by atoms with van der Waals surface area (Å²) in [5, 5.41) is 3.33.